The minimum atomic E-state index is -4.34. The van der Waals surface area contributed by atoms with E-state index >= 15 is 0 Å². The Morgan fingerprint density at radius 3 is 1.54 bits per heavy atom. The molecule has 0 aromatic rings. The van der Waals surface area contributed by atoms with Gasteiger partial charge in [0.15, 0.2) is 0 Å². The maximum absolute atomic E-state index is 12.7. The second kappa shape index (κ2) is 39.4. The van der Waals surface area contributed by atoms with E-state index in [2.05, 4.69) is 43.5 Å². The molecule has 0 aromatic carbocycles. The van der Waals surface area contributed by atoms with E-state index in [0.29, 0.717) is 6.42 Å². The van der Waals surface area contributed by atoms with Crippen LogP contribution in [0, 0.1) is 0 Å². The van der Waals surface area contributed by atoms with Gasteiger partial charge in [0.2, 0.25) is 5.91 Å². The van der Waals surface area contributed by atoms with Gasteiger partial charge in [-0.3, -0.25) is 13.8 Å². The number of rotatable bonds is 40. The highest BCUT2D eigenvalue weighted by Gasteiger charge is 2.26. The Labute approximate surface area is 320 Å². The van der Waals surface area contributed by atoms with Gasteiger partial charge >= 0.3 is 7.82 Å². The van der Waals surface area contributed by atoms with E-state index in [1.807, 2.05) is 6.08 Å². The second-order valence-corrected chi connectivity index (χ2v) is 16.0. The van der Waals surface area contributed by atoms with Crippen LogP contribution in [-0.2, 0) is 18.4 Å². The molecule has 306 valence electrons. The fraction of sp³-hybridized carbons (Fsp3) is 0.837. The van der Waals surface area contributed by atoms with E-state index in [1.165, 1.54) is 116 Å². The molecule has 0 aromatic heterocycles. The van der Waals surface area contributed by atoms with E-state index in [-0.39, 0.29) is 25.7 Å². The maximum atomic E-state index is 12.7. The Hall–Kier alpha value is -1.28. The Bertz CT molecular complexity index is 912. The molecule has 0 spiro atoms. The van der Waals surface area contributed by atoms with Crippen molar-refractivity contribution in [1.82, 2.24) is 5.32 Å². The summed E-state index contributed by atoms with van der Waals surface area (Å²) < 4.78 is 22.1. The number of carbonyl (C=O) groups excluding carboxylic acids is 1. The maximum Gasteiger partial charge on any atom is 0.472 e. The SMILES string of the molecule is CCCCCC/C=C\C/C=C\CCCCCCCC(=O)NC(COP(=O)(O)OCCN)C(O)/C=C/CCCCCCCCCCCCCCCCC. The van der Waals surface area contributed by atoms with E-state index in [9.17, 15) is 19.4 Å². The molecule has 0 radical (unpaired) electrons. The first-order valence-electron chi connectivity index (χ1n) is 21.6. The summed E-state index contributed by atoms with van der Waals surface area (Å²) in [5.74, 6) is -0.208. The number of hydrogen-bond donors (Lipinski definition) is 4. The predicted molar refractivity (Wildman–Crippen MR) is 221 cm³/mol. The van der Waals surface area contributed by atoms with Crippen molar-refractivity contribution < 1.29 is 28.4 Å². The van der Waals surface area contributed by atoms with Gasteiger partial charge in [-0.25, -0.2) is 4.57 Å². The van der Waals surface area contributed by atoms with Gasteiger partial charge in [0.25, 0.3) is 0 Å². The van der Waals surface area contributed by atoms with Crippen molar-refractivity contribution in [3.05, 3.63) is 36.5 Å². The first-order valence-corrected chi connectivity index (χ1v) is 23.1. The van der Waals surface area contributed by atoms with Gasteiger partial charge in [0, 0.05) is 13.0 Å². The monoisotopic (exact) mass is 755 g/mol. The number of unbranched alkanes of at least 4 members (excludes halogenated alkanes) is 24. The molecule has 5 N–H and O–H groups in total. The predicted octanol–water partition coefficient (Wildman–Crippen LogP) is 11.9. The van der Waals surface area contributed by atoms with Crippen molar-refractivity contribution in [2.45, 2.75) is 212 Å². The van der Waals surface area contributed by atoms with E-state index in [4.69, 9.17) is 14.8 Å². The van der Waals surface area contributed by atoms with Crippen molar-refractivity contribution >= 4 is 13.7 Å². The lowest BCUT2D eigenvalue weighted by Gasteiger charge is -2.23. The Kier molecular flexibility index (Phi) is 38.4. The summed E-state index contributed by atoms with van der Waals surface area (Å²) in [4.78, 5) is 22.7. The number of hydrogen-bond acceptors (Lipinski definition) is 6. The van der Waals surface area contributed by atoms with Crippen LogP contribution < -0.4 is 11.1 Å². The number of allylic oxidation sites excluding steroid dienone is 5. The summed E-state index contributed by atoms with van der Waals surface area (Å²) in [5, 5.41) is 13.7. The molecule has 0 bridgehead atoms. The van der Waals surface area contributed by atoms with Crippen molar-refractivity contribution in [2.75, 3.05) is 19.8 Å². The number of phosphoric acid groups is 1. The van der Waals surface area contributed by atoms with Crippen LogP contribution in [0.5, 0.6) is 0 Å². The Morgan fingerprint density at radius 2 is 1.06 bits per heavy atom. The van der Waals surface area contributed by atoms with Crippen LogP contribution >= 0.6 is 7.82 Å². The Morgan fingerprint density at radius 1 is 0.635 bits per heavy atom. The molecule has 0 fully saturated rings. The lowest BCUT2D eigenvalue weighted by molar-refractivity contribution is -0.123. The van der Waals surface area contributed by atoms with Crippen LogP contribution in [0.3, 0.4) is 0 Å². The molecule has 0 heterocycles. The van der Waals surface area contributed by atoms with Crippen LogP contribution in [0.4, 0.5) is 0 Å². The van der Waals surface area contributed by atoms with Crippen molar-refractivity contribution in [2.24, 2.45) is 5.73 Å². The summed E-state index contributed by atoms with van der Waals surface area (Å²) in [6.07, 6.45) is 46.1. The number of carbonyl (C=O) groups is 1. The van der Waals surface area contributed by atoms with Crippen molar-refractivity contribution in [1.29, 1.82) is 0 Å². The fourth-order valence-corrected chi connectivity index (χ4v) is 6.92. The van der Waals surface area contributed by atoms with Gasteiger partial charge in [-0.05, 0) is 51.4 Å². The highest BCUT2D eigenvalue weighted by atomic mass is 31.2. The number of nitrogens with two attached hydrogens (primary N) is 1. The zero-order valence-corrected chi connectivity index (χ0v) is 34.7. The third-order valence-electron chi connectivity index (χ3n) is 9.46. The van der Waals surface area contributed by atoms with Crippen LogP contribution in [0.25, 0.3) is 0 Å². The van der Waals surface area contributed by atoms with Crippen LogP contribution in [-0.4, -0.2) is 47.8 Å². The van der Waals surface area contributed by atoms with Gasteiger partial charge in [0.1, 0.15) is 0 Å². The van der Waals surface area contributed by atoms with Crippen LogP contribution in [0.2, 0.25) is 0 Å². The number of amides is 1. The number of aliphatic hydroxyl groups is 1. The molecule has 8 nitrogen and oxygen atoms in total. The number of aliphatic hydroxyl groups excluding tert-OH is 1. The van der Waals surface area contributed by atoms with Gasteiger partial charge in [-0.1, -0.05) is 179 Å². The zero-order chi connectivity index (χ0) is 38.2. The molecular weight excluding hydrogens is 671 g/mol. The minimum Gasteiger partial charge on any atom is -0.387 e. The highest BCUT2D eigenvalue weighted by Crippen LogP contribution is 2.43. The van der Waals surface area contributed by atoms with E-state index in [1.54, 1.807) is 6.08 Å². The molecule has 0 rings (SSSR count). The van der Waals surface area contributed by atoms with Crippen molar-refractivity contribution in [3.63, 3.8) is 0 Å². The van der Waals surface area contributed by atoms with Crippen molar-refractivity contribution in [3.8, 4) is 0 Å². The molecule has 3 atom stereocenters. The molecular formula is C43H83N2O6P. The molecule has 3 unspecified atom stereocenters. The average Bonchev–Trinajstić information content (AvgIpc) is 3.13. The number of phosphoric ester groups is 1. The first-order chi connectivity index (χ1) is 25.4. The summed E-state index contributed by atoms with van der Waals surface area (Å²) in [5.41, 5.74) is 5.37. The van der Waals surface area contributed by atoms with E-state index < -0.39 is 20.0 Å². The molecule has 0 saturated carbocycles. The fourth-order valence-electron chi connectivity index (χ4n) is 6.16. The first kappa shape index (κ1) is 50.7. The lowest BCUT2D eigenvalue weighted by Crippen LogP contribution is -2.45. The third kappa shape index (κ3) is 37.1. The summed E-state index contributed by atoms with van der Waals surface area (Å²) in [7, 11) is -4.34. The average molecular weight is 755 g/mol. The lowest BCUT2D eigenvalue weighted by atomic mass is 10.0. The number of nitrogens with one attached hydrogen (secondary N) is 1. The minimum absolute atomic E-state index is 0.0757. The summed E-state index contributed by atoms with van der Waals surface area (Å²) >= 11 is 0. The third-order valence-corrected chi connectivity index (χ3v) is 10.4. The molecule has 1 amide bonds. The Balaban J connectivity index is 4.26. The molecule has 0 aliphatic heterocycles. The van der Waals surface area contributed by atoms with Gasteiger partial charge in [-0.15, -0.1) is 0 Å². The van der Waals surface area contributed by atoms with Crippen LogP contribution in [0.1, 0.15) is 200 Å². The standard InChI is InChI=1S/C43H83N2O6P/c1-3-5-7-9-11-13-15-17-19-21-22-24-26-28-30-32-34-36-42(46)41(40-51-52(48,49)50-39-38-44)45-43(47)37-35-33-31-29-27-25-23-20-18-16-14-12-10-8-6-4-2/h14,16,20,23,34,36,41-42,46H,3-13,15,17-19,21-22,24-33,35,37-40,44H2,1-2H3,(H,45,47)(H,48,49)/b16-14-,23-20-,36-34+. The second-order valence-electron chi connectivity index (χ2n) is 14.6. The molecule has 0 aliphatic rings. The van der Waals surface area contributed by atoms with Gasteiger partial charge in [0.05, 0.1) is 25.4 Å². The summed E-state index contributed by atoms with van der Waals surface area (Å²) in [6, 6.07) is -0.866. The normalized spacial score (nSPS) is 14.5. The summed E-state index contributed by atoms with van der Waals surface area (Å²) in [6.45, 7) is 4.11. The topological polar surface area (TPSA) is 131 Å². The van der Waals surface area contributed by atoms with Gasteiger partial charge < -0.3 is 21.1 Å². The molecule has 0 saturated heterocycles. The molecule has 9 heteroatoms. The highest BCUT2D eigenvalue weighted by molar-refractivity contribution is 7.47. The quantitative estimate of drug-likeness (QED) is 0.0278. The molecule has 0 aliphatic carbocycles. The molecule has 52 heavy (non-hydrogen) atoms. The van der Waals surface area contributed by atoms with E-state index in [0.717, 1.165) is 64.2 Å². The zero-order valence-electron chi connectivity index (χ0n) is 33.8. The van der Waals surface area contributed by atoms with Crippen LogP contribution in [0.15, 0.2) is 36.5 Å². The van der Waals surface area contributed by atoms with Gasteiger partial charge in [-0.2, -0.15) is 0 Å². The largest absolute Gasteiger partial charge is 0.472 e. The smallest absolute Gasteiger partial charge is 0.387 e.